The largest absolute Gasteiger partial charge is 0.384 e. The molecule has 0 aliphatic carbocycles. The van der Waals surface area contributed by atoms with Crippen LogP contribution in [0.2, 0.25) is 0 Å². The highest BCUT2D eigenvalue weighted by molar-refractivity contribution is 5.23. The smallest absolute Gasteiger partial charge is 0.102 e. The fourth-order valence-corrected chi connectivity index (χ4v) is 2.14. The number of hydrogen-bond acceptors (Lipinski definition) is 2. The van der Waals surface area contributed by atoms with Crippen LogP contribution in [-0.2, 0) is 5.60 Å². The molecule has 1 fully saturated rings. The molecule has 2 rings (SSSR count). The molecular weight excluding hydrogens is 174 g/mol. The predicted molar refractivity (Wildman–Crippen MR) is 57.0 cm³/mol. The summed E-state index contributed by atoms with van der Waals surface area (Å²) in [5, 5.41) is 13.8. The van der Waals surface area contributed by atoms with E-state index in [9.17, 15) is 5.11 Å². The van der Waals surface area contributed by atoms with Gasteiger partial charge in [-0.2, -0.15) is 0 Å². The summed E-state index contributed by atoms with van der Waals surface area (Å²) < 4.78 is 0. The first-order chi connectivity index (χ1) is 6.71. The van der Waals surface area contributed by atoms with E-state index < -0.39 is 5.60 Å². The van der Waals surface area contributed by atoms with Crippen LogP contribution in [0.3, 0.4) is 0 Å². The monoisotopic (exact) mass is 191 g/mol. The molecule has 2 N–H and O–H groups in total. The zero-order valence-electron chi connectivity index (χ0n) is 8.53. The lowest BCUT2D eigenvalue weighted by atomic mass is 9.87. The van der Waals surface area contributed by atoms with Crippen molar-refractivity contribution in [2.45, 2.75) is 31.4 Å². The van der Waals surface area contributed by atoms with Crippen molar-refractivity contribution in [3.05, 3.63) is 35.9 Å². The fourth-order valence-electron chi connectivity index (χ4n) is 2.14. The minimum absolute atomic E-state index is 0.199. The molecule has 1 aromatic carbocycles. The average molecular weight is 191 g/mol. The van der Waals surface area contributed by atoms with Crippen LogP contribution in [0.15, 0.2) is 30.3 Å². The highest BCUT2D eigenvalue weighted by Gasteiger charge is 2.34. The molecule has 1 aliphatic heterocycles. The predicted octanol–water partition coefficient (Wildman–Crippen LogP) is 1.65. The van der Waals surface area contributed by atoms with Gasteiger partial charge in [0.1, 0.15) is 5.60 Å². The van der Waals surface area contributed by atoms with E-state index in [1.807, 2.05) is 37.3 Å². The molecule has 0 amide bonds. The Balaban J connectivity index is 2.22. The van der Waals surface area contributed by atoms with Gasteiger partial charge in [-0.15, -0.1) is 0 Å². The van der Waals surface area contributed by atoms with Crippen LogP contribution in [0, 0.1) is 0 Å². The first-order valence-electron chi connectivity index (χ1n) is 5.22. The van der Waals surface area contributed by atoms with Crippen LogP contribution in [-0.4, -0.2) is 17.7 Å². The number of hydrogen-bond donors (Lipinski definition) is 2. The van der Waals surface area contributed by atoms with Crippen molar-refractivity contribution >= 4 is 0 Å². The van der Waals surface area contributed by atoms with Gasteiger partial charge in [0.05, 0.1) is 0 Å². The summed E-state index contributed by atoms with van der Waals surface area (Å²) in [5.41, 5.74) is 0.261. The van der Waals surface area contributed by atoms with Crippen molar-refractivity contribution in [2.75, 3.05) is 6.54 Å². The zero-order chi connectivity index (χ0) is 10.0. The van der Waals surface area contributed by atoms with Gasteiger partial charge in [0.2, 0.25) is 0 Å². The summed E-state index contributed by atoms with van der Waals surface area (Å²) in [7, 11) is 0. The lowest BCUT2D eigenvalue weighted by Crippen LogP contribution is -2.42. The molecule has 2 nitrogen and oxygen atoms in total. The van der Waals surface area contributed by atoms with Gasteiger partial charge in [0.25, 0.3) is 0 Å². The number of aliphatic hydroxyl groups is 1. The normalized spacial score (nSPS) is 26.0. The van der Waals surface area contributed by atoms with Crippen molar-refractivity contribution in [1.29, 1.82) is 0 Å². The zero-order valence-corrected chi connectivity index (χ0v) is 8.53. The quantitative estimate of drug-likeness (QED) is 0.745. The van der Waals surface area contributed by atoms with Crippen LogP contribution in [0.1, 0.15) is 25.3 Å². The Morgan fingerprint density at radius 3 is 2.64 bits per heavy atom. The van der Waals surface area contributed by atoms with E-state index in [0.29, 0.717) is 0 Å². The van der Waals surface area contributed by atoms with E-state index in [-0.39, 0.29) is 6.04 Å². The van der Waals surface area contributed by atoms with Gasteiger partial charge >= 0.3 is 0 Å². The Morgan fingerprint density at radius 2 is 2.07 bits per heavy atom. The van der Waals surface area contributed by atoms with Crippen molar-refractivity contribution in [3.63, 3.8) is 0 Å². The maximum absolute atomic E-state index is 10.4. The van der Waals surface area contributed by atoms with E-state index >= 15 is 0 Å². The number of benzene rings is 1. The molecule has 0 aromatic heterocycles. The summed E-state index contributed by atoms with van der Waals surface area (Å²) >= 11 is 0. The Kier molecular flexibility index (Phi) is 2.57. The standard InChI is InChI=1S/C12H17NO/c1-12(14,11-8-5-9-13-11)10-6-3-2-4-7-10/h2-4,6-7,11,13-14H,5,8-9H2,1H3/t11-,12?/m0/s1. The maximum atomic E-state index is 10.4. The summed E-state index contributed by atoms with van der Waals surface area (Å²) in [6, 6.07) is 10.1. The maximum Gasteiger partial charge on any atom is 0.102 e. The molecular formula is C12H17NO. The van der Waals surface area contributed by atoms with E-state index in [0.717, 1.165) is 24.9 Å². The summed E-state index contributed by atoms with van der Waals surface area (Å²) in [6.07, 6.45) is 2.22. The number of rotatable bonds is 2. The molecule has 1 aliphatic rings. The van der Waals surface area contributed by atoms with Crippen molar-refractivity contribution in [3.8, 4) is 0 Å². The van der Waals surface area contributed by atoms with Crippen LogP contribution >= 0.6 is 0 Å². The Bertz CT molecular complexity index is 288. The lowest BCUT2D eigenvalue weighted by Gasteiger charge is -2.30. The van der Waals surface area contributed by atoms with E-state index in [2.05, 4.69) is 5.32 Å². The second kappa shape index (κ2) is 3.71. The summed E-state index contributed by atoms with van der Waals surface area (Å²) in [4.78, 5) is 0. The van der Waals surface area contributed by atoms with E-state index in [1.165, 1.54) is 0 Å². The van der Waals surface area contributed by atoms with Crippen LogP contribution in [0.25, 0.3) is 0 Å². The minimum Gasteiger partial charge on any atom is -0.384 e. The van der Waals surface area contributed by atoms with Gasteiger partial charge < -0.3 is 10.4 Å². The van der Waals surface area contributed by atoms with Gasteiger partial charge in [0.15, 0.2) is 0 Å². The van der Waals surface area contributed by atoms with E-state index in [1.54, 1.807) is 0 Å². The van der Waals surface area contributed by atoms with Crippen molar-refractivity contribution in [2.24, 2.45) is 0 Å². The highest BCUT2D eigenvalue weighted by Crippen LogP contribution is 2.28. The molecule has 0 radical (unpaired) electrons. The van der Waals surface area contributed by atoms with E-state index in [4.69, 9.17) is 0 Å². The molecule has 1 unspecified atom stereocenters. The molecule has 0 bridgehead atoms. The first-order valence-corrected chi connectivity index (χ1v) is 5.22. The molecule has 0 saturated carbocycles. The van der Waals surface area contributed by atoms with Gasteiger partial charge in [-0.05, 0) is 31.9 Å². The third-order valence-electron chi connectivity index (χ3n) is 3.10. The Hall–Kier alpha value is -0.860. The molecule has 2 atom stereocenters. The second-order valence-electron chi connectivity index (χ2n) is 4.16. The van der Waals surface area contributed by atoms with Crippen molar-refractivity contribution < 1.29 is 5.11 Å². The number of nitrogens with one attached hydrogen (secondary N) is 1. The van der Waals surface area contributed by atoms with Gasteiger partial charge in [0, 0.05) is 6.04 Å². The highest BCUT2D eigenvalue weighted by atomic mass is 16.3. The summed E-state index contributed by atoms with van der Waals surface area (Å²) in [5.74, 6) is 0. The van der Waals surface area contributed by atoms with Gasteiger partial charge in [-0.3, -0.25) is 0 Å². The molecule has 1 heterocycles. The van der Waals surface area contributed by atoms with Gasteiger partial charge in [-0.25, -0.2) is 0 Å². The molecule has 1 saturated heterocycles. The lowest BCUT2D eigenvalue weighted by molar-refractivity contribution is 0.0218. The summed E-state index contributed by atoms with van der Waals surface area (Å²) in [6.45, 7) is 2.92. The molecule has 2 heteroatoms. The minimum atomic E-state index is -0.738. The fraction of sp³-hybridized carbons (Fsp3) is 0.500. The van der Waals surface area contributed by atoms with Crippen LogP contribution < -0.4 is 5.32 Å². The van der Waals surface area contributed by atoms with Gasteiger partial charge in [-0.1, -0.05) is 30.3 Å². The third kappa shape index (κ3) is 1.68. The molecule has 76 valence electrons. The molecule has 0 spiro atoms. The first kappa shape index (κ1) is 9.69. The Morgan fingerprint density at radius 1 is 1.36 bits per heavy atom. The molecule has 1 aromatic rings. The van der Waals surface area contributed by atoms with Crippen molar-refractivity contribution in [1.82, 2.24) is 5.32 Å². The van der Waals surface area contributed by atoms with Crippen LogP contribution in [0.4, 0.5) is 0 Å². The SMILES string of the molecule is CC(O)(c1ccccc1)[C@@H]1CCCN1. The molecule has 14 heavy (non-hydrogen) atoms. The third-order valence-corrected chi connectivity index (χ3v) is 3.10. The van der Waals surface area contributed by atoms with Crippen LogP contribution in [0.5, 0.6) is 0 Å². The Labute approximate surface area is 85.0 Å². The second-order valence-corrected chi connectivity index (χ2v) is 4.16. The average Bonchev–Trinajstić information content (AvgIpc) is 2.72. The topological polar surface area (TPSA) is 32.3 Å².